The minimum atomic E-state index is 1.03. The zero-order valence-corrected chi connectivity index (χ0v) is 12.4. The molecule has 22 heavy (non-hydrogen) atoms. The lowest BCUT2D eigenvalue weighted by atomic mass is 10.0. The zero-order valence-electron chi connectivity index (χ0n) is 11.6. The van der Waals surface area contributed by atoms with Crippen molar-refractivity contribution in [2.75, 3.05) is 0 Å². The van der Waals surface area contributed by atoms with Crippen molar-refractivity contribution in [1.82, 2.24) is 9.97 Å². The van der Waals surface area contributed by atoms with Crippen molar-refractivity contribution in [2.24, 2.45) is 0 Å². The maximum atomic E-state index is 4.44. The summed E-state index contributed by atoms with van der Waals surface area (Å²) in [7, 11) is 0. The Balaban J connectivity index is 1.94. The monoisotopic (exact) mass is 299 g/mol. The maximum Gasteiger partial charge on any atom is 0.153 e. The van der Waals surface area contributed by atoms with Gasteiger partial charge in [0.15, 0.2) is 5.51 Å². The summed E-state index contributed by atoms with van der Waals surface area (Å²) < 4.78 is 1.17. The molecule has 0 saturated carbocycles. The molecule has 0 saturated heterocycles. The van der Waals surface area contributed by atoms with Crippen molar-refractivity contribution in [2.45, 2.75) is 0 Å². The van der Waals surface area contributed by atoms with Gasteiger partial charge in [-0.05, 0) is 12.1 Å². The van der Waals surface area contributed by atoms with Crippen LogP contribution < -0.4 is 0 Å². The number of fused-ring (bicyclic) bond motifs is 4. The summed E-state index contributed by atoms with van der Waals surface area (Å²) >= 11 is 1.56. The number of para-hydroxylation sites is 3. The Morgan fingerprint density at radius 1 is 0.818 bits per heavy atom. The van der Waals surface area contributed by atoms with Crippen LogP contribution in [0.4, 0.5) is 0 Å². The molecule has 0 spiro atoms. The SMILES string of the molecule is [c]1nc2c(-c3cccc4c3[nH]c3ccccc34)cccc2s1. The number of rotatable bonds is 1. The first kappa shape index (κ1) is 12.0. The van der Waals surface area contributed by atoms with E-state index in [4.69, 9.17) is 0 Å². The second-order valence-corrected chi connectivity index (χ2v) is 6.18. The summed E-state index contributed by atoms with van der Waals surface area (Å²) in [5.41, 5.74) is 8.72. The minimum Gasteiger partial charge on any atom is -0.354 e. The van der Waals surface area contributed by atoms with E-state index in [0.717, 1.165) is 11.1 Å². The van der Waals surface area contributed by atoms with Gasteiger partial charge in [0.1, 0.15) is 0 Å². The van der Waals surface area contributed by atoms with Crippen molar-refractivity contribution >= 4 is 43.4 Å². The average molecular weight is 299 g/mol. The third-order valence-electron chi connectivity index (χ3n) is 4.14. The van der Waals surface area contributed by atoms with Crippen LogP contribution in [0.5, 0.6) is 0 Å². The van der Waals surface area contributed by atoms with E-state index >= 15 is 0 Å². The second-order valence-electron chi connectivity index (χ2n) is 5.36. The Kier molecular flexibility index (Phi) is 2.40. The standard InChI is InChI=1S/C19H11N2S/c1-2-9-16-12(5-1)13-6-3-7-14(18(13)21-16)15-8-4-10-17-19(15)20-11-22-17/h1-10,21H. The Morgan fingerprint density at radius 3 is 2.64 bits per heavy atom. The quantitative estimate of drug-likeness (QED) is 0.441. The fourth-order valence-corrected chi connectivity index (χ4v) is 3.79. The fraction of sp³-hybridized carbons (Fsp3) is 0. The molecule has 0 aliphatic carbocycles. The van der Waals surface area contributed by atoms with Crippen molar-refractivity contribution in [3.8, 4) is 11.1 Å². The first-order valence-electron chi connectivity index (χ1n) is 7.17. The molecule has 2 aromatic heterocycles. The number of thiazole rings is 1. The summed E-state index contributed by atoms with van der Waals surface area (Å²) in [6.07, 6.45) is 0. The van der Waals surface area contributed by atoms with Gasteiger partial charge in [0, 0.05) is 27.4 Å². The first-order valence-corrected chi connectivity index (χ1v) is 7.99. The van der Waals surface area contributed by atoms with Crippen LogP contribution in [-0.2, 0) is 0 Å². The fourth-order valence-electron chi connectivity index (χ4n) is 3.15. The zero-order chi connectivity index (χ0) is 14.5. The number of hydrogen-bond donors (Lipinski definition) is 1. The Morgan fingerprint density at radius 2 is 1.64 bits per heavy atom. The Hall–Kier alpha value is -2.65. The second kappa shape index (κ2) is 4.42. The van der Waals surface area contributed by atoms with Gasteiger partial charge < -0.3 is 4.98 Å². The third-order valence-corrected chi connectivity index (χ3v) is 4.88. The van der Waals surface area contributed by atoms with E-state index in [1.807, 2.05) is 0 Å². The van der Waals surface area contributed by atoms with Gasteiger partial charge in [-0.15, -0.1) is 11.3 Å². The molecule has 0 aliphatic rings. The molecule has 0 atom stereocenters. The van der Waals surface area contributed by atoms with E-state index in [-0.39, 0.29) is 0 Å². The smallest absolute Gasteiger partial charge is 0.153 e. The molecule has 0 amide bonds. The molecule has 2 heterocycles. The Bertz CT molecular complexity index is 1130. The highest BCUT2D eigenvalue weighted by molar-refractivity contribution is 7.16. The highest BCUT2D eigenvalue weighted by Gasteiger charge is 2.12. The van der Waals surface area contributed by atoms with Crippen LogP contribution >= 0.6 is 11.3 Å². The molecular formula is C19H11N2S. The number of hydrogen-bond acceptors (Lipinski definition) is 2. The summed E-state index contributed by atoms with van der Waals surface area (Å²) in [6.45, 7) is 0. The number of H-pyrrole nitrogens is 1. The average Bonchev–Trinajstić information content (AvgIpc) is 3.18. The molecule has 1 N–H and O–H groups in total. The molecule has 103 valence electrons. The summed E-state index contributed by atoms with van der Waals surface area (Å²) in [5, 5.41) is 2.51. The first-order chi connectivity index (χ1) is 10.9. The van der Waals surface area contributed by atoms with Crippen LogP contribution in [0.2, 0.25) is 0 Å². The van der Waals surface area contributed by atoms with E-state index in [0.29, 0.717) is 0 Å². The number of nitrogens with zero attached hydrogens (tertiary/aromatic N) is 1. The van der Waals surface area contributed by atoms with Crippen molar-refractivity contribution in [1.29, 1.82) is 0 Å². The molecule has 3 aromatic carbocycles. The third kappa shape index (κ3) is 1.57. The van der Waals surface area contributed by atoms with E-state index in [1.165, 1.54) is 32.1 Å². The predicted octanol–water partition coefficient (Wildman–Crippen LogP) is 5.40. The lowest BCUT2D eigenvalue weighted by Crippen LogP contribution is -1.82. The lowest BCUT2D eigenvalue weighted by molar-refractivity contribution is 1.47. The minimum absolute atomic E-state index is 1.03. The molecule has 5 rings (SSSR count). The molecule has 5 aromatic rings. The van der Waals surface area contributed by atoms with Crippen molar-refractivity contribution in [3.63, 3.8) is 0 Å². The highest BCUT2D eigenvalue weighted by atomic mass is 32.1. The molecule has 0 bridgehead atoms. The molecule has 2 nitrogen and oxygen atoms in total. The van der Waals surface area contributed by atoms with Gasteiger partial charge in [0.2, 0.25) is 0 Å². The van der Waals surface area contributed by atoms with Crippen molar-refractivity contribution < 1.29 is 0 Å². The maximum absolute atomic E-state index is 4.44. The molecular weight excluding hydrogens is 288 g/mol. The van der Waals surface area contributed by atoms with Crippen LogP contribution in [0.3, 0.4) is 0 Å². The van der Waals surface area contributed by atoms with Crippen LogP contribution in [0, 0.1) is 5.51 Å². The number of benzene rings is 3. The highest BCUT2D eigenvalue weighted by Crippen LogP contribution is 2.36. The van der Waals surface area contributed by atoms with Gasteiger partial charge >= 0.3 is 0 Å². The predicted molar refractivity (Wildman–Crippen MR) is 93.3 cm³/mol. The molecule has 0 fully saturated rings. The topological polar surface area (TPSA) is 28.7 Å². The molecule has 3 heteroatoms. The number of aromatic amines is 1. The molecule has 0 aliphatic heterocycles. The normalized spacial score (nSPS) is 11.6. The number of nitrogens with one attached hydrogen (secondary N) is 1. The van der Waals surface area contributed by atoms with E-state index in [1.54, 1.807) is 11.3 Å². The van der Waals surface area contributed by atoms with Gasteiger partial charge in [-0.1, -0.05) is 48.5 Å². The summed E-state index contributed by atoms with van der Waals surface area (Å²) in [6, 6.07) is 21.2. The van der Waals surface area contributed by atoms with Gasteiger partial charge in [-0.3, -0.25) is 0 Å². The van der Waals surface area contributed by atoms with Crippen LogP contribution in [-0.4, -0.2) is 9.97 Å². The summed E-state index contributed by atoms with van der Waals surface area (Å²) in [4.78, 5) is 8.00. The molecule has 0 unspecified atom stereocenters. The van der Waals surface area contributed by atoms with Gasteiger partial charge in [-0.2, -0.15) is 0 Å². The lowest BCUT2D eigenvalue weighted by Gasteiger charge is -2.04. The van der Waals surface area contributed by atoms with E-state index in [9.17, 15) is 0 Å². The molecule has 1 radical (unpaired) electrons. The van der Waals surface area contributed by atoms with Gasteiger partial charge in [-0.25, -0.2) is 4.98 Å². The van der Waals surface area contributed by atoms with Crippen molar-refractivity contribution in [3.05, 3.63) is 66.2 Å². The van der Waals surface area contributed by atoms with Crippen LogP contribution in [0.15, 0.2) is 60.7 Å². The largest absolute Gasteiger partial charge is 0.354 e. The van der Waals surface area contributed by atoms with Crippen LogP contribution in [0.1, 0.15) is 0 Å². The van der Waals surface area contributed by atoms with Crippen LogP contribution in [0.25, 0.3) is 43.1 Å². The van der Waals surface area contributed by atoms with E-state index in [2.05, 4.69) is 76.1 Å². The van der Waals surface area contributed by atoms with E-state index < -0.39 is 0 Å². The Labute approximate surface area is 131 Å². The number of aromatic nitrogens is 2. The van der Waals surface area contributed by atoms with Gasteiger partial charge in [0.25, 0.3) is 0 Å². The van der Waals surface area contributed by atoms with Gasteiger partial charge in [0.05, 0.1) is 15.7 Å². The summed E-state index contributed by atoms with van der Waals surface area (Å²) in [5.74, 6) is 0.